The van der Waals surface area contributed by atoms with Gasteiger partial charge in [-0.1, -0.05) is 170 Å². The lowest BCUT2D eigenvalue weighted by atomic mass is 9.61. The molecule has 102 heavy (non-hydrogen) atoms. The van der Waals surface area contributed by atoms with Crippen LogP contribution in [-0.4, -0.2) is 76.4 Å². The number of piperidine rings is 5. The SMILES string of the molecule is C1CC2(C1)CCNCC2.C1CC2(C1)CCNCC2.C1CC2(CCN1)CC2.C1CCC2(C1)CCNCC2.C1CCC2(CC1)CC2.C1CCC2(CC1)CCC2.C1CCC2(CC1)CCC2.C1CCC2(CC1)CCCC2.CC(C)C1CCC(C2(C(C)C)CC2)CC1.CC(C)N1CCC(C2(C(C)C)CC2)CC1. The normalized spacial score (nSPS) is 31.8. The summed E-state index contributed by atoms with van der Waals surface area (Å²) in [4.78, 5) is 2.65. The molecule has 20 fully saturated rings. The summed E-state index contributed by atoms with van der Waals surface area (Å²) in [6.07, 6.45) is 94.3. The first-order chi connectivity index (χ1) is 49.4. The molecule has 0 amide bonds. The minimum Gasteiger partial charge on any atom is -0.317 e. The summed E-state index contributed by atoms with van der Waals surface area (Å²) >= 11 is 0. The predicted octanol–water partition coefficient (Wildman–Crippen LogP) is 27.1. The third-order valence-corrected chi connectivity index (χ3v) is 35.8. The van der Waals surface area contributed by atoms with E-state index in [0.29, 0.717) is 0 Å². The summed E-state index contributed by atoms with van der Waals surface area (Å²) in [5.41, 5.74) is 8.52. The Kier molecular flexibility index (Phi) is 31.9. The molecule has 5 nitrogen and oxygen atoms in total. The first-order valence-electron chi connectivity index (χ1n) is 48.0. The molecule has 5 saturated heterocycles. The van der Waals surface area contributed by atoms with Crippen molar-refractivity contribution in [2.24, 2.45) is 89.7 Å². The second kappa shape index (κ2) is 39.3. The second-order valence-electron chi connectivity index (χ2n) is 43.1. The molecular formula is C97H179N5. The fraction of sp³-hybridized carbons (Fsp3) is 1.00. The van der Waals surface area contributed by atoms with E-state index in [2.05, 4.69) is 81.6 Å². The van der Waals surface area contributed by atoms with Gasteiger partial charge in [-0.25, -0.2) is 0 Å². The third-order valence-electron chi connectivity index (χ3n) is 35.8. The molecule has 0 aromatic carbocycles. The van der Waals surface area contributed by atoms with Gasteiger partial charge >= 0.3 is 0 Å². The number of hydrogen-bond donors (Lipinski definition) is 4. The lowest BCUT2D eigenvalue weighted by Crippen LogP contribution is -2.41. The van der Waals surface area contributed by atoms with Gasteiger partial charge in [-0.15, -0.1) is 0 Å². The molecule has 15 aliphatic carbocycles. The van der Waals surface area contributed by atoms with Crippen LogP contribution >= 0.6 is 0 Å². The lowest BCUT2D eigenvalue weighted by Gasteiger charge is -2.45. The predicted molar refractivity (Wildman–Crippen MR) is 444 cm³/mol. The van der Waals surface area contributed by atoms with Gasteiger partial charge in [0.05, 0.1) is 0 Å². The Morgan fingerprint density at radius 3 is 0.618 bits per heavy atom. The number of likely N-dealkylation sites (tertiary alicyclic amines) is 1. The lowest BCUT2D eigenvalue weighted by molar-refractivity contribution is 0.0774. The van der Waals surface area contributed by atoms with Crippen LogP contribution in [0.2, 0.25) is 0 Å². The Bertz CT molecular complexity index is 2000. The maximum atomic E-state index is 3.44. The van der Waals surface area contributed by atoms with Crippen molar-refractivity contribution in [2.45, 2.75) is 460 Å². The highest BCUT2D eigenvalue weighted by atomic mass is 15.1. The van der Waals surface area contributed by atoms with Crippen molar-refractivity contribution in [1.29, 1.82) is 0 Å². The van der Waals surface area contributed by atoms with Gasteiger partial charge in [-0.05, 0) is 439 Å². The van der Waals surface area contributed by atoms with Crippen molar-refractivity contribution < 1.29 is 0 Å². The number of rotatable bonds is 6. The Labute approximate surface area is 637 Å². The first-order valence-corrected chi connectivity index (χ1v) is 48.0. The molecule has 5 heteroatoms. The van der Waals surface area contributed by atoms with Crippen molar-refractivity contribution in [3.63, 3.8) is 0 Å². The Morgan fingerprint density at radius 1 is 0.216 bits per heavy atom. The Balaban J connectivity index is 0.000000115. The van der Waals surface area contributed by atoms with E-state index in [4.69, 9.17) is 0 Å². The van der Waals surface area contributed by atoms with Crippen molar-refractivity contribution in [3.05, 3.63) is 0 Å². The highest BCUT2D eigenvalue weighted by Gasteiger charge is 2.53. The zero-order valence-electron chi connectivity index (χ0n) is 70.4. The third kappa shape index (κ3) is 23.9. The summed E-state index contributed by atoms with van der Waals surface area (Å²) in [5, 5.41) is 13.6. The molecule has 5 aliphatic heterocycles. The van der Waals surface area contributed by atoms with E-state index in [9.17, 15) is 0 Å². The maximum absolute atomic E-state index is 3.44. The summed E-state index contributed by atoms with van der Waals surface area (Å²) in [5.74, 6) is 5.90. The van der Waals surface area contributed by atoms with Gasteiger partial charge < -0.3 is 26.2 Å². The van der Waals surface area contributed by atoms with Crippen LogP contribution in [0.1, 0.15) is 453 Å². The average Bonchev–Trinajstić information content (AvgIpc) is 1.62. The van der Waals surface area contributed by atoms with Crippen LogP contribution in [0, 0.1) is 89.7 Å². The van der Waals surface area contributed by atoms with Crippen molar-refractivity contribution in [2.75, 3.05) is 65.4 Å². The zero-order valence-corrected chi connectivity index (χ0v) is 70.4. The van der Waals surface area contributed by atoms with E-state index in [1.165, 1.54) is 361 Å². The smallest absolute Gasteiger partial charge is 0.00385 e. The minimum absolute atomic E-state index is 0.750. The molecule has 4 N–H and O–H groups in total. The molecule has 15 saturated carbocycles. The van der Waals surface area contributed by atoms with E-state index >= 15 is 0 Å². The van der Waals surface area contributed by atoms with Gasteiger partial charge in [0.1, 0.15) is 0 Å². The van der Waals surface area contributed by atoms with Crippen LogP contribution in [0.3, 0.4) is 0 Å². The Hall–Kier alpha value is -0.200. The van der Waals surface area contributed by atoms with Gasteiger partial charge in [-0.3, -0.25) is 0 Å². The van der Waals surface area contributed by atoms with Crippen LogP contribution < -0.4 is 21.3 Å². The molecule has 0 aromatic rings. The number of hydrogen-bond acceptors (Lipinski definition) is 5. The fourth-order valence-corrected chi connectivity index (χ4v) is 25.9. The molecule has 0 unspecified atom stereocenters. The standard InChI is InChI=1S/C15H28.C14H27N.C10H18.C9H17N.2C9H16.2C8H15N.C8H14.C7H13N/c1-11(2)13-5-7-14(8-6-13)15(9-10-15)12(3)4;1-11(2)14(7-8-14)13-5-9-15(10-6-13)12(3)4;1-2-6-10(7-3-1)8-4-5-9-10;1-2-4-9(3-1)5-7-10-8-6-9;2*1-2-5-9(6-3-1)7-4-8-9;2*1-2-8(3-1)4-6-9-7-5-8;1-2-4-8(5-3-1)6-7-8;1-2-7(1)3-5-8-6-4-7/h11-14H,5-10H2,1-4H3;11-13H,5-10H2,1-4H3;1-9H2;10H,1-8H2;2*1-8H2;2*9H,1-7H2;1-7H2;8H,1-6H2. The maximum Gasteiger partial charge on any atom is 0.00385 e. The minimum atomic E-state index is 0.750. The topological polar surface area (TPSA) is 51.4 Å². The summed E-state index contributed by atoms with van der Waals surface area (Å²) in [7, 11) is 0. The van der Waals surface area contributed by atoms with Crippen molar-refractivity contribution in [1.82, 2.24) is 26.2 Å². The van der Waals surface area contributed by atoms with Crippen LogP contribution in [0.25, 0.3) is 0 Å². The molecule has 20 rings (SSSR count). The molecule has 0 bridgehead atoms. The Morgan fingerprint density at radius 2 is 0.422 bits per heavy atom. The van der Waals surface area contributed by atoms with Gasteiger partial charge in [0.2, 0.25) is 0 Å². The molecule has 0 atom stereocenters. The molecular weight excluding hydrogens is 1240 g/mol. The van der Waals surface area contributed by atoms with Gasteiger partial charge in [0, 0.05) is 6.04 Å². The van der Waals surface area contributed by atoms with Crippen LogP contribution in [-0.2, 0) is 0 Å². The van der Waals surface area contributed by atoms with Gasteiger partial charge in [0.25, 0.3) is 0 Å². The van der Waals surface area contributed by atoms with E-state index in [0.717, 1.165) is 95.7 Å². The van der Waals surface area contributed by atoms with Crippen molar-refractivity contribution >= 4 is 0 Å². The average molecular weight is 1420 g/mol. The van der Waals surface area contributed by atoms with Gasteiger partial charge in [-0.2, -0.15) is 0 Å². The summed E-state index contributed by atoms with van der Waals surface area (Å²) < 4.78 is 0. The highest BCUT2D eigenvalue weighted by Crippen LogP contribution is 2.63. The van der Waals surface area contributed by atoms with E-state index in [1.807, 2.05) is 0 Å². The quantitative estimate of drug-likeness (QED) is 0.214. The monoisotopic (exact) mass is 1410 g/mol. The van der Waals surface area contributed by atoms with Crippen LogP contribution in [0.15, 0.2) is 0 Å². The second-order valence-corrected chi connectivity index (χ2v) is 43.1. The van der Waals surface area contributed by atoms with Crippen molar-refractivity contribution in [3.8, 4) is 0 Å². The van der Waals surface area contributed by atoms with E-state index in [-0.39, 0.29) is 0 Å². The molecule has 0 aromatic heterocycles. The molecule has 20 aliphatic rings. The van der Waals surface area contributed by atoms with Gasteiger partial charge in [0.15, 0.2) is 0 Å². The zero-order chi connectivity index (χ0) is 71.4. The van der Waals surface area contributed by atoms with E-state index in [1.54, 1.807) is 103 Å². The molecule has 0 radical (unpaired) electrons. The summed E-state index contributed by atoms with van der Waals surface area (Å²) in [6, 6.07) is 0.750. The summed E-state index contributed by atoms with van der Waals surface area (Å²) in [6.45, 7) is 32.1. The first kappa shape index (κ1) is 82.8. The molecule has 592 valence electrons. The largest absolute Gasteiger partial charge is 0.317 e. The number of nitrogens with one attached hydrogen (secondary N) is 4. The van der Waals surface area contributed by atoms with Crippen LogP contribution in [0.4, 0.5) is 0 Å². The number of nitrogens with zero attached hydrogens (tertiary/aromatic N) is 1. The highest BCUT2D eigenvalue weighted by molar-refractivity contribution is 5.04. The fourth-order valence-electron chi connectivity index (χ4n) is 25.9. The molecule has 8 spiro atoms. The van der Waals surface area contributed by atoms with Crippen LogP contribution in [0.5, 0.6) is 0 Å². The molecule has 5 heterocycles. The van der Waals surface area contributed by atoms with E-state index < -0.39 is 0 Å².